The Balaban J connectivity index is 1.63. The predicted octanol–water partition coefficient (Wildman–Crippen LogP) is 7.46. The molecule has 0 radical (unpaired) electrons. The molecule has 4 atom stereocenters. The molecular formula is C31H35NO4. The van der Waals surface area contributed by atoms with E-state index in [2.05, 4.69) is 13.8 Å². The molecule has 2 amide bonds. The number of carbonyl (C=O) groups is 2. The molecule has 0 aliphatic carbocycles. The van der Waals surface area contributed by atoms with Crippen molar-refractivity contribution >= 4 is 12.0 Å². The first-order valence-corrected chi connectivity index (χ1v) is 12.9. The number of ether oxygens (including phenoxy) is 2. The van der Waals surface area contributed by atoms with E-state index in [1.165, 1.54) is 4.90 Å². The second-order valence-corrected chi connectivity index (χ2v) is 9.36. The number of imide groups is 1. The lowest BCUT2D eigenvalue weighted by molar-refractivity contribution is -0.134. The van der Waals surface area contributed by atoms with Crippen LogP contribution < -0.4 is 4.74 Å². The fraction of sp³-hybridized carbons (Fsp3) is 0.355. The van der Waals surface area contributed by atoms with Crippen LogP contribution in [0.25, 0.3) is 0 Å². The topological polar surface area (TPSA) is 55.8 Å². The van der Waals surface area contributed by atoms with Crippen LogP contribution in [0.2, 0.25) is 0 Å². The molecule has 4 rings (SSSR count). The van der Waals surface area contributed by atoms with Crippen molar-refractivity contribution in [1.29, 1.82) is 0 Å². The summed E-state index contributed by atoms with van der Waals surface area (Å²) in [4.78, 5) is 28.5. The van der Waals surface area contributed by atoms with Crippen molar-refractivity contribution in [3.63, 3.8) is 0 Å². The average molecular weight is 486 g/mol. The highest BCUT2D eigenvalue weighted by molar-refractivity contribution is 5.95. The van der Waals surface area contributed by atoms with Crippen molar-refractivity contribution < 1.29 is 19.1 Å². The molecule has 3 aromatic carbocycles. The summed E-state index contributed by atoms with van der Waals surface area (Å²) in [6, 6.07) is 26.7. The molecular weight excluding hydrogens is 450 g/mol. The highest BCUT2D eigenvalue weighted by Crippen LogP contribution is 2.45. The number of amides is 2. The Morgan fingerprint density at radius 1 is 0.944 bits per heavy atom. The number of hydrogen-bond acceptors (Lipinski definition) is 4. The van der Waals surface area contributed by atoms with E-state index in [0.717, 1.165) is 41.7 Å². The van der Waals surface area contributed by atoms with Gasteiger partial charge in [-0.1, -0.05) is 100.0 Å². The molecule has 0 aromatic heterocycles. The second kappa shape index (κ2) is 11.9. The average Bonchev–Trinajstić information content (AvgIpc) is 3.27. The van der Waals surface area contributed by atoms with Gasteiger partial charge in [0.2, 0.25) is 5.91 Å². The van der Waals surface area contributed by atoms with Gasteiger partial charge in [0, 0.05) is 5.92 Å². The van der Waals surface area contributed by atoms with Gasteiger partial charge < -0.3 is 9.47 Å². The Labute approximate surface area is 214 Å². The van der Waals surface area contributed by atoms with Gasteiger partial charge in [-0.25, -0.2) is 9.69 Å². The summed E-state index contributed by atoms with van der Waals surface area (Å²) in [6.07, 6.45) is 1.67. The van der Waals surface area contributed by atoms with Gasteiger partial charge in [0.05, 0.1) is 6.61 Å². The quantitative estimate of drug-likeness (QED) is 0.280. The first-order chi connectivity index (χ1) is 17.5. The maximum absolute atomic E-state index is 14.0. The zero-order valence-electron chi connectivity index (χ0n) is 21.3. The number of nitrogens with zero attached hydrogens (tertiary/aromatic N) is 1. The Hall–Kier alpha value is -3.60. The summed E-state index contributed by atoms with van der Waals surface area (Å²) in [5.74, 6) is 0.101. The summed E-state index contributed by atoms with van der Waals surface area (Å²) in [7, 11) is 0. The minimum atomic E-state index is -0.596. The first kappa shape index (κ1) is 25.5. The highest BCUT2D eigenvalue weighted by atomic mass is 16.6. The molecule has 188 valence electrons. The maximum atomic E-state index is 14.0. The number of rotatable bonds is 10. The normalized spacial score (nSPS) is 19.0. The maximum Gasteiger partial charge on any atom is 0.417 e. The standard InChI is InChI=1S/C31H35NO4/c1-4-6-20-35-26-19-13-18-25(21-26)27(5-2)22(3)30(33)32-28(23-14-9-7-10-15-23)29(36-31(32)34)24-16-11-8-12-17-24/h7-19,21-22,27-29H,4-6,20H2,1-3H3/t22-,27-,28-,29+/m1/s1. The van der Waals surface area contributed by atoms with Crippen molar-refractivity contribution in [2.45, 2.75) is 58.1 Å². The van der Waals surface area contributed by atoms with E-state index in [1.807, 2.05) is 91.9 Å². The van der Waals surface area contributed by atoms with Gasteiger partial charge >= 0.3 is 6.09 Å². The molecule has 0 N–H and O–H groups in total. The van der Waals surface area contributed by atoms with Crippen LogP contribution in [0.1, 0.15) is 74.8 Å². The van der Waals surface area contributed by atoms with Crippen LogP contribution in [-0.2, 0) is 9.53 Å². The third kappa shape index (κ3) is 5.46. The lowest BCUT2D eigenvalue weighted by Gasteiger charge is -2.29. The van der Waals surface area contributed by atoms with Gasteiger partial charge in [-0.2, -0.15) is 0 Å². The van der Waals surface area contributed by atoms with E-state index in [1.54, 1.807) is 0 Å². The van der Waals surface area contributed by atoms with Crippen molar-refractivity contribution in [3.05, 3.63) is 102 Å². The van der Waals surface area contributed by atoms with Gasteiger partial charge in [-0.05, 0) is 47.6 Å². The minimum Gasteiger partial charge on any atom is -0.494 e. The van der Waals surface area contributed by atoms with Crippen LogP contribution >= 0.6 is 0 Å². The van der Waals surface area contributed by atoms with E-state index in [-0.39, 0.29) is 11.8 Å². The smallest absolute Gasteiger partial charge is 0.417 e. The van der Waals surface area contributed by atoms with Gasteiger partial charge in [0.15, 0.2) is 6.10 Å². The SMILES string of the molecule is CCCCOc1cccc([C@H](CC)[C@@H](C)C(=O)N2C(=O)O[C@@H](c3ccccc3)[C@H]2c2ccccc2)c1. The van der Waals surface area contributed by atoms with E-state index in [9.17, 15) is 9.59 Å². The molecule has 3 aromatic rings. The predicted molar refractivity (Wildman–Crippen MR) is 141 cm³/mol. The molecule has 1 heterocycles. The molecule has 0 saturated carbocycles. The van der Waals surface area contributed by atoms with Crippen molar-refractivity contribution in [2.24, 2.45) is 5.92 Å². The lowest BCUT2D eigenvalue weighted by atomic mass is 9.83. The van der Waals surface area contributed by atoms with Crippen molar-refractivity contribution in [2.75, 3.05) is 6.61 Å². The summed E-state index contributed by atoms with van der Waals surface area (Å²) in [6.45, 7) is 6.79. The number of carbonyl (C=O) groups excluding carboxylic acids is 2. The Bertz CT molecular complexity index is 1150. The van der Waals surface area contributed by atoms with Crippen LogP contribution in [-0.4, -0.2) is 23.5 Å². The molecule has 1 saturated heterocycles. The summed E-state index contributed by atoms with van der Waals surface area (Å²) in [5.41, 5.74) is 2.78. The van der Waals surface area contributed by atoms with E-state index in [0.29, 0.717) is 6.61 Å². The lowest BCUT2D eigenvalue weighted by Crippen LogP contribution is -2.39. The molecule has 1 fully saturated rings. The van der Waals surface area contributed by atoms with E-state index >= 15 is 0 Å². The zero-order valence-corrected chi connectivity index (χ0v) is 21.3. The van der Waals surface area contributed by atoms with Gasteiger partial charge in [-0.15, -0.1) is 0 Å². The van der Waals surface area contributed by atoms with Crippen LogP contribution in [0.15, 0.2) is 84.9 Å². The Kier molecular flexibility index (Phi) is 8.42. The molecule has 1 aliphatic rings. The number of benzene rings is 3. The fourth-order valence-electron chi connectivity index (χ4n) is 5.01. The fourth-order valence-corrected chi connectivity index (χ4v) is 5.01. The largest absolute Gasteiger partial charge is 0.494 e. The van der Waals surface area contributed by atoms with Crippen molar-refractivity contribution in [1.82, 2.24) is 4.90 Å². The van der Waals surface area contributed by atoms with Gasteiger partial charge in [0.1, 0.15) is 11.8 Å². The third-order valence-electron chi connectivity index (χ3n) is 6.98. The van der Waals surface area contributed by atoms with E-state index < -0.39 is 24.2 Å². The van der Waals surface area contributed by atoms with Crippen LogP contribution in [0.3, 0.4) is 0 Å². The van der Waals surface area contributed by atoms with Gasteiger partial charge in [0.25, 0.3) is 0 Å². The Morgan fingerprint density at radius 3 is 2.25 bits per heavy atom. The van der Waals surface area contributed by atoms with Crippen molar-refractivity contribution in [3.8, 4) is 5.75 Å². The highest BCUT2D eigenvalue weighted by Gasteiger charge is 2.48. The molecule has 1 aliphatic heterocycles. The summed E-state index contributed by atoms with van der Waals surface area (Å²) >= 11 is 0. The van der Waals surface area contributed by atoms with Gasteiger partial charge in [-0.3, -0.25) is 4.79 Å². The number of hydrogen-bond donors (Lipinski definition) is 0. The minimum absolute atomic E-state index is 0.0628. The molecule has 0 spiro atoms. The monoisotopic (exact) mass is 485 g/mol. The number of cyclic esters (lactones) is 1. The zero-order chi connectivity index (χ0) is 25.5. The molecule has 0 bridgehead atoms. The Morgan fingerprint density at radius 2 is 1.61 bits per heavy atom. The molecule has 5 nitrogen and oxygen atoms in total. The second-order valence-electron chi connectivity index (χ2n) is 9.36. The summed E-state index contributed by atoms with van der Waals surface area (Å²) in [5, 5.41) is 0. The molecule has 36 heavy (non-hydrogen) atoms. The molecule has 5 heteroatoms. The van der Waals surface area contributed by atoms with Crippen LogP contribution in [0.4, 0.5) is 4.79 Å². The van der Waals surface area contributed by atoms with Crippen LogP contribution in [0.5, 0.6) is 5.75 Å². The molecule has 0 unspecified atom stereocenters. The van der Waals surface area contributed by atoms with E-state index in [4.69, 9.17) is 9.47 Å². The summed E-state index contributed by atoms with van der Waals surface area (Å²) < 4.78 is 11.7. The first-order valence-electron chi connectivity index (χ1n) is 12.9. The third-order valence-corrected chi connectivity index (χ3v) is 6.98. The number of unbranched alkanes of at least 4 members (excludes halogenated alkanes) is 1. The van der Waals surface area contributed by atoms with Crippen LogP contribution in [0, 0.1) is 5.92 Å².